The number of hydrogen-bond acceptors (Lipinski definition) is 2. The Morgan fingerprint density at radius 3 is 2.25 bits per heavy atom. The van der Waals surface area contributed by atoms with Gasteiger partial charge in [0.1, 0.15) is 11.6 Å². The Morgan fingerprint density at radius 1 is 1.20 bits per heavy atom. The maximum absolute atomic E-state index is 12.7. The first-order chi connectivity index (χ1) is 9.24. The van der Waals surface area contributed by atoms with Gasteiger partial charge < -0.3 is 5.32 Å². The molecule has 0 radical (unpaired) electrons. The molecular formula is C15H19IN2O2. The smallest absolute Gasteiger partial charge is 0.252 e. The summed E-state index contributed by atoms with van der Waals surface area (Å²) < 4.78 is 1.10. The van der Waals surface area contributed by atoms with Crippen LogP contribution in [0.5, 0.6) is 0 Å². The number of carbonyl (C=O) groups excluding carboxylic acids is 2. The van der Waals surface area contributed by atoms with Crippen molar-refractivity contribution >= 4 is 40.1 Å². The van der Waals surface area contributed by atoms with E-state index in [2.05, 4.69) is 27.9 Å². The lowest BCUT2D eigenvalue weighted by Crippen LogP contribution is -2.69. The van der Waals surface area contributed by atoms with Gasteiger partial charge in [0.05, 0.1) is 0 Å². The van der Waals surface area contributed by atoms with E-state index in [4.69, 9.17) is 0 Å². The zero-order valence-electron chi connectivity index (χ0n) is 12.1. The zero-order valence-corrected chi connectivity index (χ0v) is 14.3. The summed E-state index contributed by atoms with van der Waals surface area (Å²) in [7, 11) is 0. The van der Waals surface area contributed by atoms with Crippen LogP contribution in [-0.2, 0) is 9.59 Å². The normalized spacial score (nSPS) is 22.1. The van der Waals surface area contributed by atoms with E-state index in [1.165, 1.54) is 0 Å². The highest BCUT2D eigenvalue weighted by atomic mass is 127. The van der Waals surface area contributed by atoms with Gasteiger partial charge in [-0.1, -0.05) is 13.8 Å². The second kappa shape index (κ2) is 5.35. The van der Waals surface area contributed by atoms with E-state index in [9.17, 15) is 9.59 Å². The number of carbonyl (C=O) groups is 2. The van der Waals surface area contributed by atoms with Crippen molar-refractivity contribution in [1.29, 1.82) is 0 Å². The molecule has 1 N–H and O–H groups in total. The Hall–Kier alpha value is -1.11. The van der Waals surface area contributed by atoms with E-state index in [0.29, 0.717) is 0 Å². The average Bonchev–Trinajstić information content (AvgIpc) is 2.33. The molecular weight excluding hydrogens is 367 g/mol. The first-order valence-corrected chi connectivity index (χ1v) is 7.73. The van der Waals surface area contributed by atoms with Crippen LogP contribution in [0.25, 0.3) is 0 Å². The lowest BCUT2D eigenvalue weighted by atomic mass is 9.91. The molecule has 20 heavy (non-hydrogen) atoms. The van der Waals surface area contributed by atoms with Crippen molar-refractivity contribution in [3.63, 3.8) is 0 Å². The molecule has 1 aliphatic heterocycles. The van der Waals surface area contributed by atoms with Gasteiger partial charge in [0.2, 0.25) is 5.91 Å². The number of piperazine rings is 1. The summed E-state index contributed by atoms with van der Waals surface area (Å²) in [6.45, 7) is 7.39. The minimum atomic E-state index is -0.870. The largest absolute Gasteiger partial charge is 0.340 e. The Labute approximate surface area is 133 Å². The molecule has 0 spiro atoms. The fourth-order valence-electron chi connectivity index (χ4n) is 2.46. The highest BCUT2D eigenvalue weighted by Gasteiger charge is 2.46. The number of anilines is 1. The SMILES string of the molecule is CC(C)C1C(=O)NC(C)(C)C(=O)N1c1ccc(I)cc1. The van der Waals surface area contributed by atoms with Crippen LogP contribution < -0.4 is 10.2 Å². The fourth-order valence-corrected chi connectivity index (χ4v) is 2.82. The number of hydrogen-bond donors (Lipinski definition) is 1. The molecule has 1 aliphatic rings. The Bertz CT molecular complexity index is 537. The molecule has 0 bridgehead atoms. The van der Waals surface area contributed by atoms with Gasteiger partial charge in [0, 0.05) is 9.26 Å². The number of nitrogens with one attached hydrogen (secondary N) is 1. The third kappa shape index (κ3) is 2.68. The molecule has 1 saturated heterocycles. The van der Waals surface area contributed by atoms with E-state index in [1.54, 1.807) is 18.7 Å². The monoisotopic (exact) mass is 386 g/mol. The van der Waals surface area contributed by atoms with Crippen molar-refractivity contribution < 1.29 is 9.59 Å². The molecule has 2 rings (SSSR count). The number of amides is 2. The molecule has 0 saturated carbocycles. The van der Waals surface area contributed by atoms with Crippen LogP contribution in [0.4, 0.5) is 5.69 Å². The van der Waals surface area contributed by atoms with Gasteiger partial charge in [-0.15, -0.1) is 0 Å². The summed E-state index contributed by atoms with van der Waals surface area (Å²) >= 11 is 2.22. The number of nitrogens with zero attached hydrogens (tertiary/aromatic N) is 1. The molecule has 0 aromatic heterocycles. The number of halogens is 1. The van der Waals surface area contributed by atoms with Crippen molar-refractivity contribution in [1.82, 2.24) is 5.32 Å². The summed E-state index contributed by atoms with van der Waals surface area (Å²) in [6, 6.07) is 7.21. The molecule has 5 heteroatoms. The van der Waals surface area contributed by atoms with Crippen LogP contribution in [0.2, 0.25) is 0 Å². The Morgan fingerprint density at radius 2 is 1.75 bits per heavy atom. The average molecular weight is 386 g/mol. The lowest BCUT2D eigenvalue weighted by Gasteiger charge is -2.44. The maximum atomic E-state index is 12.7. The van der Waals surface area contributed by atoms with Crippen LogP contribution in [-0.4, -0.2) is 23.4 Å². The molecule has 108 valence electrons. The van der Waals surface area contributed by atoms with Crippen molar-refractivity contribution in [2.75, 3.05) is 4.90 Å². The highest BCUT2D eigenvalue weighted by Crippen LogP contribution is 2.29. The van der Waals surface area contributed by atoms with Crippen LogP contribution in [0.15, 0.2) is 24.3 Å². The number of rotatable bonds is 2. The number of benzene rings is 1. The van der Waals surface area contributed by atoms with Gasteiger partial charge in [-0.05, 0) is 66.6 Å². The van der Waals surface area contributed by atoms with Crippen LogP contribution in [0.3, 0.4) is 0 Å². The molecule has 1 aromatic carbocycles. The summed E-state index contributed by atoms with van der Waals surface area (Å²) in [5.74, 6) is -0.116. The summed E-state index contributed by atoms with van der Waals surface area (Å²) in [5.41, 5.74) is -0.0945. The summed E-state index contributed by atoms with van der Waals surface area (Å²) in [4.78, 5) is 26.7. The van der Waals surface area contributed by atoms with Gasteiger partial charge in [-0.2, -0.15) is 0 Å². The Balaban J connectivity index is 2.50. The minimum Gasteiger partial charge on any atom is -0.340 e. The predicted molar refractivity (Wildman–Crippen MR) is 87.5 cm³/mol. The first-order valence-electron chi connectivity index (χ1n) is 6.65. The van der Waals surface area contributed by atoms with Gasteiger partial charge in [0.15, 0.2) is 0 Å². The first kappa shape index (κ1) is 15.3. The molecule has 2 amide bonds. The van der Waals surface area contributed by atoms with Gasteiger partial charge in [-0.25, -0.2) is 0 Å². The molecule has 1 unspecified atom stereocenters. The quantitative estimate of drug-likeness (QED) is 0.795. The van der Waals surface area contributed by atoms with Gasteiger partial charge in [0.25, 0.3) is 5.91 Å². The molecule has 1 atom stereocenters. The van der Waals surface area contributed by atoms with Crippen molar-refractivity contribution in [3.05, 3.63) is 27.8 Å². The molecule has 0 aliphatic carbocycles. The molecule has 1 aromatic rings. The van der Waals surface area contributed by atoms with Gasteiger partial charge in [-0.3, -0.25) is 14.5 Å². The second-order valence-electron chi connectivity index (χ2n) is 5.95. The summed E-state index contributed by atoms with van der Waals surface area (Å²) in [6.07, 6.45) is 0. The van der Waals surface area contributed by atoms with Crippen LogP contribution in [0.1, 0.15) is 27.7 Å². The second-order valence-corrected chi connectivity index (χ2v) is 7.20. The third-order valence-corrected chi connectivity index (χ3v) is 4.19. The van der Waals surface area contributed by atoms with E-state index in [1.807, 2.05) is 38.1 Å². The predicted octanol–water partition coefficient (Wildman–Crippen LogP) is 2.56. The van der Waals surface area contributed by atoms with E-state index >= 15 is 0 Å². The van der Waals surface area contributed by atoms with E-state index in [-0.39, 0.29) is 17.7 Å². The Kier molecular flexibility index (Phi) is 4.09. The molecule has 4 nitrogen and oxygen atoms in total. The topological polar surface area (TPSA) is 49.4 Å². The van der Waals surface area contributed by atoms with E-state index in [0.717, 1.165) is 9.26 Å². The molecule has 1 fully saturated rings. The van der Waals surface area contributed by atoms with Crippen LogP contribution >= 0.6 is 22.6 Å². The summed E-state index contributed by atoms with van der Waals surface area (Å²) in [5, 5.41) is 2.82. The minimum absolute atomic E-state index is 0.0503. The third-order valence-electron chi connectivity index (χ3n) is 3.47. The fraction of sp³-hybridized carbons (Fsp3) is 0.467. The van der Waals surface area contributed by atoms with Crippen molar-refractivity contribution in [2.24, 2.45) is 5.92 Å². The van der Waals surface area contributed by atoms with E-state index < -0.39 is 11.6 Å². The van der Waals surface area contributed by atoms with Gasteiger partial charge >= 0.3 is 0 Å². The highest BCUT2D eigenvalue weighted by molar-refractivity contribution is 14.1. The molecule has 1 heterocycles. The lowest BCUT2D eigenvalue weighted by molar-refractivity contribution is -0.138. The maximum Gasteiger partial charge on any atom is 0.252 e. The standard InChI is InChI=1S/C15H19IN2O2/c1-9(2)12-13(19)17-15(3,4)14(20)18(12)11-7-5-10(16)6-8-11/h5-9,12H,1-4H3,(H,17,19). The van der Waals surface area contributed by atoms with Crippen molar-refractivity contribution in [3.8, 4) is 0 Å². The van der Waals surface area contributed by atoms with Crippen molar-refractivity contribution in [2.45, 2.75) is 39.3 Å². The zero-order chi connectivity index (χ0) is 15.1. The van der Waals surface area contributed by atoms with Crippen LogP contribution in [0, 0.1) is 9.49 Å².